The Morgan fingerprint density at radius 1 is 1.29 bits per heavy atom. The molecule has 1 aliphatic rings. The van der Waals surface area contributed by atoms with E-state index in [4.69, 9.17) is 0 Å². The molecule has 0 saturated carbocycles. The molecule has 0 bridgehead atoms. The van der Waals surface area contributed by atoms with E-state index >= 15 is 0 Å². The van der Waals surface area contributed by atoms with Crippen LogP contribution < -0.4 is 0 Å². The van der Waals surface area contributed by atoms with Crippen LogP contribution in [-0.4, -0.2) is 68.4 Å². The number of carbonyl (C=O) groups is 1. The van der Waals surface area contributed by atoms with Gasteiger partial charge in [-0.1, -0.05) is 0 Å². The number of carbonyl (C=O) groups excluding carboxylic acids is 1. The molecule has 1 heterocycles. The van der Waals surface area contributed by atoms with Crippen molar-refractivity contribution in [1.82, 2.24) is 9.80 Å². The fourth-order valence-electron chi connectivity index (χ4n) is 2.14. The van der Waals surface area contributed by atoms with Gasteiger partial charge in [0.05, 0.1) is 18.1 Å². The van der Waals surface area contributed by atoms with E-state index in [0.717, 1.165) is 0 Å². The van der Waals surface area contributed by atoms with Crippen LogP contribution in [0.2, 0.25) is 0 Å². The fourth-order valence-corrected chi connectivity index (χ4v) is 3.95. The van der Waals surface area contributed by atoms with Crippen LogP contribution in [-0.2, 0) is 14.6 Å². The smallest absolute Gasteiger partial charge is 0.236 e. The molecule has 1 fully saturated rings. The highest BCUT2D eigenvalue weighted by Gasteiger charge is 2.31. The number of amides is 1. The normalized spacial score (nSPS) is 22.9. The van der Waals surface area contributed by atoms with Gasteiger partial charge in [0.25, 0.3) is 0 Å². The van der Waals surface area contributed by atoms with Crippen molar-refractivity contribution in [3.63, 3.8) is 0 Å². The Bertz CT molecular complexity index is 363. The highest BCUT2D eigenvalue weighted by molar-refractivity contribution is 7.91. The first kappa shape index (κ1) is 14.4. The average molecular weight is 262 g/mol. The molecule has 0 aromatic heterocycles. The first-order valence-electron chi connectivity index (χ1n) is 6.08. The maximum absolute atomic E-state index is 11.9. The van der Waals surface area contributed by atoms with Crippen molar-refractivity contribution in [3.05, 3.63) is 0 Å². The quantitative estimate of drug-likeness (QED) is 0.698. The van der Waals surface area contributed by atoms with Crippen LogP contribution in [0, 0.1) is 0 Å². The van der Waals surface area contributed by atoms with Gasteiger partial charge in [0.2, 0.25) is 5.91 Å². The van der Waals surface area contributed by atoms with E-state index in [9.17, 15) is 13.2 Å². The molecular formula is C11H22N2O3S. The summed E-state index contributed by atoms with van der Waals surface area (Å²) in [6.45, 7) is 5.60. The molecule has 1 aliphatic heterocycles. The van der Waals surface area contributed by atoms with Crippen molar-refractivity contribution in [3.8, 4) is 0 Å². The largest absolute Gasteiger partial charge is 0.342 e. The summed E-state index contributed by atoms with van der Waals surface area (Å²) >= 11 is 0. The maximum Gasteiger partial charge on any atom is 0.236 e. The van der Waals surface area contributed by atoms with Gasteiger partial charge in [-0.05, 0) is 27.3 Å². The fraction of sp³-hybridized carbons (Fsp3) is 0.909. The highest BCUT2D eigenvalue weighted by atomic mass is 32.2. The van der Waals surface area contributed by atoms with Crippen LogP contribution in [0.4, 0.5) is 0 Å². The molecule has 1 amide bonds. The Kier molecular flexibility index (Phi) is 4.94. The summed E-state index contributed by atoms with van der Waals surface area (Å²) in [5, 5.41) is 0. The van der Waals surface area contributed by atoms with E-state index in [1.54, 1.807) is 4.90 Å². The lowest BCUT2D eigenvalue weighted by molar-refractivity contribution is -0.132. The van der Waals surface area contributed by atoms with Crippen LogP contribution in [0.25, 0.3) is 0 Å². The Labute approximate surface area is 104 Å². The van der Waals surface area contributed by atoms with Crippen LogP contribution in [0.1, 0.15) is 20.3 Å². The molecule has 1 rings (SSSR count). The molecule has 0 spiro atoms. The third kappa shape index (κ3) is 3.96. The van der Waals surface area contributed by atoms with Crippen molar-refractivity contribution in [2.24, 2.45) is 0 Å². The number of hydrogen-bond donors (Lipinski definition) is 0. The molecule has 17 heavy (non-hydrogen) atoms. The molecule has 5 nitrogen and oxygen atoms in total. The van der Waals surface area contributed by atoms with Gasteiger partial charge in [0.15, 0.2) is 9.84 Å². The van der Waals surface area contributed by atoms with Gasteiger partial charge >= 0.3 is 0 Å². The second-order valence-corrected chi connectivity index (χ2v) is 6.77. The molecule has 1 atom stereocenters. The van der Waals surface area contributed by atoms with Crippen molar-refractivity contribution < 1.29 is 13.2 Å². The second-order valence-electron chi connectivity index (χ2n) is 4.54. The monoisotopic (exact) mass is 262 g/mol. The SMILES string of the molecule is CCN(CC)C(=O)CN(C)[C@@H]1CCS(=O)(=O)C1. The standard InChI is InChI=1S/C11H22N2O3S/c1-4-13(5-2)11(14)8-12(3)10-6-7-17(15,16)9-10/h10H,4-9H2,1-3H3/t10-/m1/s1. The lowest BCUT2D eigenvalue weighted by Gasteiger charge is -2.26. The van der Waals surface area contributed by atoms with E-state index in [1.165, 1.54) is 0 Å². The number of nitrogens with zero attached hydrogens (tertiary/aromatic N) is 2. The van der Waals surface area contributed by atoms with Gasteiger partial charge in [-0.15, -0.1) is 0 Å². The molecule has 0 N–H and O–H groups in total. The first-order valence-corrected chi connectivity index (χ1v) is 7.90. The number of rotatable bonds is 5. The molecule has 100 valence electrons. The topological polar surface area (TPSA) is 57.7 Å². The summed E-state index contributed by atoms with van der Waals surface area (Å²) in [4.78, 5) is 15.5. The Morgan fingerprint density at radius 3 is 2.29 bits per heavy atom. The lowest BCUT2D eigenvalue weighted by atomic mass is 10.2. The van der Waals surface area contributed by atoms with E-state index in [-0.39, 0.29) is 23.5 Å². The predicted octanol–water partition coefficient (Wildman–Crippen LogP) is -0.0263. The molecule has 0 aromatic carbocycles. The zero-order valence-electron chi connectivity index (χ0n) is 10.8. The van der Waals surface area contributed by atoms with Crippen LogP contribution in [0.3, 0.4) is 0 Å². The Morgan fingerprint density at radius 2 is 1.88 bits per heavy atom. The van der Waals surface area contributed by atoms with Gasteiger partial charge in [0.1, 0.15) is 0 Å². The van der Waals surface area contributed by atoms with Crippen molar-refractivity contribution >= 4 is 15.7 Å². The number of likely N-dealkylation sites (N-methyl/N-ethyl adjacent to an activating group) is 2. The third-order valence-electron chi connectivity index (χ3n) is 3.33. The van der Waals surface area contributed by atoms with Crippen LogP contribution >= 0.6 is 0 Å². The van der Waals surface area contributed by atoms with Gasteiger partial charge in [-0.25, -0.2) is 8.42 Å². The summed E-state index contributed by atoms with van der Waals surface area (Å²) < 4.78 is 22.7. The zero-order chi connectivity index (χ0) is 13.1. The van der Waals surface area contributed by atoms with E-state index < -0.39 is 9.84 Å². The van der Waals surface area contributed by atoms with Crippen molar-refractivity contribution in [2.75, 3.05) is 38.2 Å². The van der Waals surface area contributed by atoms with E-state index in [0.29, 0.717) is 26.1 Å². The summed E-state index contributed by atoms with van der Waals surface area (Å²) in [6.07, 6.45) is 0.643. The molecule has 0 radical (unpaired) electrons. The summed E-state index contributed by atoms with van der Waals surface area (Å²) in [7, 11) is -1.05. The second kappa shape index (κ2) is 5.82. The Hall–Kier alpha value is -0.620. The first-order chi connectivity index (χ1) is 7.89. The summed E-state index contributed by atoms with van der Waals surface area (Å²) in [5.74, 6) is 0.512. The van der Waals surface area contributed by atoms with E-state index in [1.807, 2.05) is 25.8 Å². The van der Waals surface area contributed by atoms with Crippen molar-refractivity contribution in [2.45, 2.75) is 26.3 Å². The molecule has 1 saturated heterocycles. The van der Waals surface area contributed by atoms with Crippen LogP contribution in [0.5, 0.6) is 0 Å². The minimum absolute atomic E-state index is 0.000452. The van der Waals surface area contributed by atoms with Crippen LogP contribution in [0.15, 0.2) is 0 Å². The van der Waals surface area contributed by atoms with Gasteiger partial charge in [-0.3, -0.25) is 9.69 Å². The van der Waals surface area contributed by atoms with E-state index in [2.05, 4.69) is 0 Å². The Balaban J connectivity index is 2.50. The van der Waals surface area contributed by atoms with Gasteiger partial charge in [0, 0.05) is 19.1 Å². The average Bonchev–Trinajstić information content (AvgIpc) is 2.60. The molecule has 6 heteroatoms. The molecule has 0 unspecified atom stereocenters. The maximum atomic E-state index is 11.9. The molecule has 0 aromatic rings. The molecular weight excluding hydrogens is 240 g/mol. The van der Waals surface area contributed by atoms with Gasteiger partial charge in [-0.2, -0.15) is 0 Å². The summed E-state index contributed by atoms with van der Waals surface area (Å²) in [5.41, 5.74) is 0. The zero-order valence-corrected chi connectivity index (χ0v) is 11.7. The van der Waals surface area contributed by atoms with Gasteiger partial charge < -0.3 is 4.90 Å². The highest BCUT2D eigenvalue weighted by Crippen LogP contribution is 2.16. The minimum atomic E-state index is -2.87. The minimum Gasteiger partial charge on any atom is -0.342 e. The third-order valence-corrected chi connectivity index (χ3v) is 5.08. The van der Waals surface area contributed by atoms with Crippen molar-refractivity contribution in [1.29, 1.82) is 0 Å². The lowest BCUT2D eigenvalue weighted by Crippen LogP contribution is -2.43. The summed E-state index contributed by atoms with van der Waals surface area (Å²) in [6, 6.07) is -0.000452. The number of sulfone groups is 1. The molecule has 0 aliphatic carbocycles. The predicted molar refractivity (Wildman–Crippen MR) is 67.6 cm³/mol. The number of hydrogen-bond acceptors (Lipinski definition) is 4.